The van der Waals surface area contributed by atoms with E-state index in [2.05, 4.69) is 0 Å². The summed E-state index contributed by atoms with van der Waals surface area (Å²) in [5, 5.41) is 8.56. The van der Waals surface area contributed by atoms with Crippen molar-refractivity contribution in [3.05, 3.63) is 28.8 Å². The molecule has 0 amide bonds. The number of carboxylic acid groups (broad SMARTS) is 1. The van der Waals surface area contributed by atoms with E-state index >= 15 is 0 Å². The fraction of sp³-hybridized carbons (Fsp3) is 0.300. The summed E-state index contributed by atoms with van der Waals surface area (Å²) in [4.78, 5) is 10.3. The molecule has 106 valence electrons. The predicted molar refractivity (Wildman–Crippen MR) is 61.1 cm³/mol. The molecule has 0 aromatic heterocycles. The van der Waals surface area contributed by atoms with E-state index in [0.29, 0.717) is 0 Å². The number of carbonyl (C=O) groups is 1. The monoisotopic (exact) mass is 316 g/mol. The number of rotatable bonds is 4. The minimum Gasteiger partial charge on any atom is -0.478 e. The molecule has 0 aliphatic heterocycles. The number of benzene rings is 1. The first-order valence-electron chi connectivity index (χ1n) is 4.85. The normalized spacial score (nSPS) is 12.4. The van der Waals surface area contributed by atoms with Crippen molar-refractivity contribution in [1.82, 2.24) is 0 Å². The van der Waals surface area contributed by atoms with Gasteiger partial charge in [0.05, 0.1) is 27.7 Å². The van der Waals surface area contributed by atoms with E-state index in [9.17, 15) is 26.4 Å². The lowest BCUT2D eigenvalue weighted by Gasteiger charge is -2.08. The van der Waals surface area contributed by atoms with E-state index in [1.54, 1.807) is 0 Å². The molecular weight excluding hydrogens is 309 g/mol. The van der Waals surface area contributed by atoms with Crippen molar-refractivity contribution in [2.24, 2.45) is 0 Å². The molecule has 0 fully saturated rings. The average Bonchev–Trinajstić information content (AvgIpc) is 2.25. The van der Waals surface area contributed by atoms with Crippen LogP contribution >= 0.6 is 11.6 Å². The van der Waals surface area contributed by atoms with Gasteiger partial charge >= 0.3 is 12.1 Å². The van der Waals surface area contributed by atoms with Gasteiger partial charge in [0.15, 0.2) is 9.84 Å². The maximum Gasteiger partial charge on any atom is 0.390 e. The number of hydrogen-bond donors (Lipinski definition) is 1. The Hall–Kier alpha value is -1.28. The Balaban J connectivity index is 3.09. The SMILES string of the molecule is O=C(O)c1cc(S(=O)(=O)CCC(F)(F)F)ccc1Cl. The van der Waals surface area contributed by atoms with E-state index in [-0.39, 0.29) is 5.02 Å². The summed E-state index contributed by atoms with van der Waals surface area (Å²) in [5.41, 5.74) is -0.477. The van der Waals surface area contributed by atoms with Crippen LogP contribution in [0.1, 0.15) is 16.8 Å². The Kier molecular flexibility index (Phi) is 4.46. The Morgan fingerprint density at radius 2 is 1.89 bits per heavy atom. The Bertz CT molecular complexity index is 595. The lowest BCUT2D eigenvalue weighted by molar-refractivity contribution is -0.129. The molecule has 0 saturated carbocycles. The molecule has 1 N–H and O–H groups in total. The van der Waals surface area contributed by atoms with Crippen LogP contribution in [0.5, 0.6) is 0 Å². The molecule has 1 aromatic carbocycles. The first kappa shape index (κ1) is 15.8. The number of alkyl halides is 3. The highest BCUT2D eigenvalue weighted by molar-refractivity contribution is 7.91. The first-order valence-corrected chi connectivity index (χ1v) is 6.88. The summed E-state index contributed by atoms with van der Waals surface area (Å²) in [6, 6.07) is 2.74. The second kappa shape index (κ2) is 5.38. The van der Waals surface area contributed by atoms with Crippen LogP contribution in [0.25, 0.3) is 0 Å². The summed E-state index contributed by atoms with van der Waals surface area (Å²) >= 11 is 5.54. The van der Waals surface area contributed by atoms with E-state index in [1.807, 2.05) is 0 Å². The number of hydrogen-bond acceptors (Lipinski definition) is 3. The van der Waals surface area contributed by atoms with Gasteiger partial charge in [0.2, 0.25) is 0 Å². The molecule has 0 aliphatic carbocycles. The fourth-order valence-corrected chi connectivity index (χ4v) is 2.74. The van der Waals surface area contributed by atoms with Gasteiger partial charge in [-0.15, -0.1) is 0 Å². The topological polar surface area (TPSA) is 71.4 Å². The molecule has 0 heterocycles. The van der Waals surface area contributed by atoms with Gasteiger partial charge in [0.25, 0.3) is 0 Å². The molecule has 0 spiro atoms. The third-order valence-electron chi connectivity index (χ3n) is 2.18. The molecule has 0 unspecified atom stereocenters. The zero-order chi connectivity index (χ0) is 14.8. The second-order valence-corrected chi connectivity index (χ2v) is 6.15. The lowest BCUT2D eigenvalue weighted by Crippen LogP contribution is -2.16. The molecule has 0 saturated heterocycles. The van der Waals surface area contributed by atoms with Gasteiger partial charge in [-0.1, -0.05) is 11.6 Å². The van der Waals surface area contributed by atoms with Crippen LogP contribution < -0.4 is 0 Å². The van der Waals surface area contributed by atoms with Gasteiger partial charge < -0.3 is 5.11 Å². The first-order chi connectivity index (χ1) is 8.53. The van der Waals surface area contributed by atoms with Crippen LogP contribution in [0, 0.1) is 0 Å². The van der Waals surface area contributed by atoms with Gasteiger partial charge in [-0.25, -0.2) is 13.2 Å². The predicted octanol–water partition coefficient (Wildman–Crippen LogP) is 2.76. The number of aromatic carboxylic acids is 1. The zero-order valence-corrected chi connectivity index (χ0v) is 10.8. The number of carboxylic acids is 1. The fourth-order valence-electron chi connectivity index (χ4n) is 1.23. The minimum absolute atomic E-state index is 0.192. The van der Waals surface area contributed by atoms with Gasteiger partial charge in [0, 0.05) is 0 Å². The van der Waals surface area contributed by atoms with Crippen molar-refractivity contribution in [3.63, 3.8) is 0 Å². The summed E-state index contributed by atoms with van der Waals surface area (Å²) < 4.78 is 59.2. The maximum atomic E-state index is 12.0. The zero-order valence-electron chi connectivity index (χ0n) is 9.24. The standard InChI is InChI=1S/C10H8ClF3O4S/c11-8-2-1-6(5-7(8)9(15)16)19(17,18)4-3-10(12,13)14/h1-2,5H,3-4H2,(H,15,16). The maximum absolute atomic E-state index is 12.0. The van der Waals surface area contributed by atoms with E-state index in [0.717, 1.165) is 18.2 Å². The van der Waals surface area contributed by atoms with Crippen LogP contribution in [-0.4, -0.2) is 31.4 Å². The molecule has 19 heavy (non-hydrogen) atoms. The van der Waals surface area contributed by atoms with Crippen molar-refractivity contribution in [2.45, 2.75) is 17.5 Å². The molecule has 9 heteroatoms. The molecule has 1 rings (SSSR count). The number of halogens is 4. The third kappa shape index (κ3) is 4.39. The summed E-state index contributed by atoms with van der Waals surface area (Å²) in [6.07, 6.45) is -6.10. The molecular formula is C10H8ClF3O4S. The van der Waals surface area contributed by atoms with Gasteiger partial charge in [-0.3, -0.25) is 0 Å². The molecule has 4 nitrogen and oxygen atoms in total. The molecule has 0 atom stereocenters. The van der Waals surface area contributed by atoms with Crippen molar-refractivity contribution in [2.75, 3.05) is 5.75 Å². The lowest BCUT2D eigenvalue weighted by atomic mass is 10.2. The van der Waals surface area contributed by atoms with Gasteiger partial charge in [-0.05, 0) is 18.2 Å². The highest BCUT2D eigenvalue weighted by atomic mass is 35.5. The second-order valence-electron chi connectivity index (χ2n) is 3.63. The number of sulfone groups is 1. The van der Waals surface area contributed by atoms with Crippen molar-refractivity contribution in [1.29, 1.82) is 0 Å². The Morgan fingerprint density at radius 3 is 2.37 bits per heavy atom. The Labute approximate surface area is 111 Å². The van der Waals surface area contributed by atoms with Crippen LogP contribution in [-0.2, 0) is 9.84 Å². The summed E-state index contributed by atoms with van der Waals surface area (Å²) in [7, 11) is -4.21. The van der Waals surface area contributed by atoms with Crippen LogP contribution in [0.3, 0.4) is 0 Å². The molecule has 1 aromatic rings. The van der Waals surface area contributed by atoms with Crippen LogP contribution in [0.15, 0.2) is 23.1 Å². The molecule has 0 bridgehead atoms. The van der Waals surface area contributed by atoms with E-state index < -0.39 is 44.6 Å². The molecule has 0 aliphatic rings. The quantitative estimate of drug-likeness (QED) is 0.927. The highest BCUT2D eigenvalue weighted by Crippen LogP contribution is 2.25. The smallest absolute Gasteiger partial charge is 0.390 e. The van der Waals surface area contributed by atoms with Crippen molar-refractivity contribution < 1.29 is 31.5 Å². The Morgan fingerprint density at radius 1 is 1.32 bits per heavy atom. The molecule has 0 radical (unpaired) electrons. The van der Waals surface area contributed by atoms with Gasteiger partial charge in [0.1, 0.15) is 0 Å². The third-order valence-corrected chi connectivity index (χ3v) is 4.22. The van der Waals surface area contributed by atoms with Crippen LogP contribution in [0.2, 0.25) is 5.02 Å². The summed E-state index contributed by atoms with van der Waals surface area (Å²) in [5.74, 6) is -2.60. The average molecular weight is 317 g/mol. The van der Waals surface area contributed by atoms with Gasteiger partial charge in [-0.2, -0.15) is 13.2 Å². The minimum atomic E-state index is -4.60. The van der Waals surface area contributed by atoms with E-state index in [4.69, 9.17) is 16.7 Å². The van der Waals surface area contributed by atoms with E-state index in [1.165, 1.54) is 0 Å². The van der Waals surface area contributed by atoms with Crippen LogP contribution in [0.4, 0.5) is 13.2 Å². The largest absolute Gasteiger partial charge is 0.478 e. The van der Waals surface area contributed by atoms with Crippen molar-refractivity contribution >= 4 is 27.4 Å². The summed E-state index contributed by atoms with van der Waals surface area (Å²) in [6.45, 7) is 0. The van der Waals surface area contributed by atoms with Crippen molar-refractivity contribution in [3.8, 4) is 0 Å². The highest BCUT2D eigenvalue weighted by Gasteiger charge is 2.30.